The summed E-state index contributed by atoms with van der Waals surface area (Å²) in [5, 5.41) is 13.6. The van der Waals surface area contributed by atoms with Crippen molar-refractivity contribution in [3.05, 3.63) is 70.0 Å². The second kappa shape index (κ2) is 13.2. The lowest BCUT2D eigenvalue weighted by molar-refractivity contribution is -0.384. The molecule has 0 aliphatic carbocycles. The molecule has 2 aromatic heterocycles. The van der Waals surface area contributed by atoms with Crippen LogP contribution in [0.25, 0.3) is 32.9 Å². The summed E-state index contributed by atoms with van der Waals surface area (Å²) in [5.41, 5.74) is 4.30. The van der Waals surface area contributed by atoms with E-state index < -0.39 is 36.3 Å². The van der Waals surface area contributed by atoms with Gasteiger partial charge in [0.1, 0.15) is 42.6 Å². The smallest absolute Gasteiger partial charge is 0.410 e. The van der Waals surface area contributed by atoms with Crippen molar-refractivity contribution in [2.75, 3.05) is 18.0 Å². The van der Waals surface area contributed by atoms with E-state index in [0.29, 0.717) is 52.5 Å². The van der Waals surface area contributed by atoms with Crippen LogP contribution in [-0.2, 0) is 4.74 Å². The van der Waals surface area contributed by atoms with Crippen molar-refractivity contribution < 1.29 is 23.2 Å². The molecule has 0 N–H and O–H groups in total. The maximum Gasteiger partial charge on any atom is 0.410 e. The predicted octanol–water partition coefficient (Wildman–Crippen LogP) is 9.40. The first kappa shape index (κ1) is 36.2. The maximum atomic E-state index is 16.8. The number of aromatic nitrogens is 2. The highest BCUT2D eigenvalue weighted by Gasteiger charge is 2.51. The van der Waals surface area contributed by atoms with Gasteiger partial charge in [0.25, 0.3) is 0 Å². The van der Waals surface area contributed by atoms with Crippen LogP contribution in [-0.4, -0.2) is 64.7 Å². The van der Waals surface area contributed by atoms with E-state index in [-0.39, 0.29) is 45.6 Å². The van der Waals surface area contributed by atoms with E-state index in [9.17, 15) is 14.9 Å². The number of pyridine rings is 2. The first-order chi connectivity index (χ1) is 24.0. The molecule has 0 spiro atoms. The van der Waals surface area contributed by atoms with Gasteiger partial charge in [-0.3, -0.25) is 15.1 Å². The zero-order valence-corrected chi connectivity index (χ0v) is 31.7. The number of nitrogens with zero attached hydrogens (tertiary/aromatic N) is 5. The predicted molar refractivity (Wildman–Crippen MR) is 199 cm³/mol. The van der Waals surface area contributed by atoms with Crippen LogP contribution in [0.5, 0.6) is 0 Å². The van der Waals surface area contributed by atoms with Crippen molar-refractivity contribution in [3.63, 3.8) is 0 Å². The van der Waals surface area contributed by atoms with Gasteiger partial charge < -0.3 is 14.5 Å². The summed E-state index contributed by atoms with van der Waals surface area (Å²) in [4.78, 5) is 36.9. The van der Waals surface area contributed by atoms with E-state index in [1.165, 1.54) is 12.3 Å². The van der Waals surface area contributed by atoms with Gasteiger partial charge in [-0.2, -0.15) is 0 Å². The number of likely N-dealkylation sites (tertiary alicyclic amines) is 1. The van der Waals surface area contributed by atoms with Crippen LogP contribution in [0.15, 0.2) is 42.7 Å². The van der Waals surface area contributed by atoms with Crippen molar-refractivity contribution in [2.24, 2.45) is 0 Å². The fourth-order valence-electron chi connectivity index (χ4n) is 8.43. The van der Waals surface area contributed by atoms with E-state index >= 15 is 8.78 Å². The molecule has 51 heavy (non-hydrogen) atoms. The summed E-state index contributed by atoms with van der Waals surface area (Å²) in [5.74, 6) is 2.00. The molecule has 4 heterocycles. The Labute approximate surface area is 298 Å². The molecule has 2 atom stereocenters. The van der Waals surface area contributed by atoms with Gasteiger partial charge in [-0.1, -0.05) is 71.7 Å². The Hall–Kier alpha value is -4.63. The fraction of sp³-hybridized carbons (Fsp3) is 0.462. The Bertz CT molecular complexity index is 2100. The van der Waals surface area contributed by atoms with Gasteiger partial charge in [0.05, 0.1) is 28.0 Å². The number of hydrogen-bond donors (Lipinski definition) is 0. The number of benzene rings is 2. The Morgan fingerprint density at radius 1 is 1.02 bits per heavy atom. The second-order valence-corrected chi connectivity index (χ2v) is 21.2. The van der Waals surface area contributed by atoms with Crippen LogP contribution in [0.1, 0.15) is 74.3 Å². The molecule has 2 aliphatic rings. The molecule has 4 aromatic rings. The van der Waals surface area contributed by atoms with Crippen molar-refractivity contribution >= 4 is 47.2 Å². The number of carbonyl (C=O) groups is 1. The normalized spacial score (nSPS) is 17.6. The molecule has 12 heteroatoms. The van der Waals surface area contributed by atoms with Crippen LogP contribution in [0.3, 0.4) is 0 Å². The Balaban J connectivity index is 1.47. The van der Waals surface area contributed by atoms with Gasteiger partial charge >= 0.3 is 11.8 Å². The summed E-state index contributed by atoms with van der Waals surface area (Å²) in [6.07, 6.45) is 2.63. The maximum absolute atomic E-state index is 16.8. The monoisotopic (exact) mass is 713 g/mol. The summed E-state index contributed by atoms with van der Waals surface area (Å²) in [7, 11) is -2.24. The highest BCUT2D eigenvalue weighted by molar-refractivity contribution is 6.90. The third kappa shape index (κ3) is 6.09. The molecular formula is C39H45F2N5O4Si. The van der Waals surface area contributed by atoms with Crippen LogP contribution in [0, 0.1) is 33.2 Å². The van der Waals surface area contributed by atoms with Crippen LogP contribution in [0.2, 0.25) is 16.6 Å². The fourth-order valence-corrected chi connectivity index (χ4v) is 13.6. The number of carbonyl (C=O) groups excluding carboxylic acids is 1. The molecule has 0 bridgehead atoms. The minimum absolute atomic E-state index is 0.0485. The van der Waals surface area contributed by atoms with E-state index in [1.54, 1.807) is 43.9 Å². The average Bonchev–Trinajstić information content (AvgIpc) is 3.36. The number of amides is 1. The van der Waals surface area contributed by atoms with Gasteiger partial charge in [0.15, 0.2) is 5.82 Å². The zero-order chi connectivity index (χ0) is 37.2. The number of halogens is 2. The van der Waals surface area contributed by atoms with Crippen molar-refractivity contribution in [1.29, 1.82) is 0 Å². The van der Waals surface area contributed by atoms with Crippen molar-refractivity contribution in [1.82, 2.24) is 14.9 Å². The van der Waals surface area contributed by atoms with E-state index in [1.807, 2.05) is 11.0 Å². The number of hydrogen-bond acceptors (Lipinski definition) is 7. The Morgan fingerprint density at radius 3 is 2.33 bits per heavy atom. The van der Waals surface area contributed by atoms with Crippen molar-refractivity contribution in [2.45, 2.75) is 103 Å². The van der Waals surface area contributed by atoms with Gasteiger partial charge in [0.2, 0.25) is 0 Å². The lowest BCUT2D eigenvalue weighted by Crippen LogP contribution is -2.63. The number of ether oxygens (including phenoxy) is 1. The summed E-state index contributed by atoms with van der Waals surface area (Å²) < 4.78 is 38.2. The molecular weight excluding hydrogens is 669 g/mol. The molecule has 9 nitrogen and oxygen atoms in total. The number of nitro groups is 1. The average molecular weight is 714 g/mol. The lowest BCUT2D eigenvalue weighted by atomic mass is 9.94. The second-order valence-electron chi connectivity index (χ2n) is 15.7. The van der Waals surface area contributed by atoms with E-state index in [2.05, 4.69) is 63.0 Å². The van der Waals surface area contributed by atoms with Gasteiger partial charge in [-0.25, -0.2) is 18.6 Å². The summed E-state index contributed by atoms with van der Waals surface area (Å²) in [6, 6.07) is 7.92. The van der Waals surface area contributed by atoms with Crippen LogP contribution < -0.4 is 4.90 Å². The van der Waals surface area contributed by atoms with Crippen LogP contribution >= 0.6 is 0 Å². The minimum atomic E-state index is -2.24. The lowest BCUT2D eigenvalue weighted by Gasteiger charge is -2.47. The molecule has 1 amide bonds. The van der Waals surface area contributed by atoms with Gasteiger partial charge in [-0.15, -0.1) is 5.54 Å². The first-order valence-corrected chi connectivity index (χ1v) is 19.8. The number of anilines is 1. The van der Waals surface area contributed by atoms with E-state index in [4.69, 9.17) is 4.74 Å². The van der Waals surface area contributed by atoms with Crippen LogP contribution in [0.4, 0.5) is 25.0 Å². The Kier molecular flexibility index (Phi) is 9.33. The third-order valence-corrected chi connectivity index (χ3v) is 17.0. The quantitative estimate of drug-likeness (QED) is 0.0849. The van der Waals surface area contributed by atoms with Crippen molar-refractivity contribution in [3.8, 4) is 22.7 Å². The Morgan fingerprint density at radius 2 is 1.71 bits per heavy atom. The standard InChI is InChI=1S/C39H45F2N5O4Si/c1-22(2)51(23(3)4,24(5)6)18-16-26-29(40)14-13-25-11-10-12-27(33(25)26)35-34(41)36-28(19-42-35)37(31(20-43-36)46(48)49)45-21-32-30(45)15-17-44(32)38(47)50-39(7,8)9/h10-14,19-20,22-24,30,32H,15,17,21H2,1-9H3/t30-,32-/m1/s1. The van der Waals surface area contributed by atoms with Gasteiger partial charge in [-0.05, 0) is 55.3 Å². The third-order valence-electron chi connectivity index (χ3n) is 10.7. The molecule has 2 aromatic carbocycles. The molecule has 268 valence electrons. The largest absolute Gasteiger partial charge is 0.444 e. The highest BCUT2D eigenvalue weighted by atomic mass is 28.3. The molecule has 2 aliphatic heterocycles. The minimum Gasteiger partial charge on any atom is -0.444 e. The molecule has 6 rings (SSSR count). The SMILES string of the molecule is CC(C)[Si](C#Cc1c(F)ccc2cccc(-c3ncc4c(N5C[C@@H]6[C@H]5CCN6C(=O)OC(C)(C)C)c([N+](=O)[O-])cnc4c3F)c12)(C(C)C)C(C)C. The molecule has 0 unspecified atom stereocenters. The molecule has 2 saturated heterocycles. The highest BCUT2D eigenvalue weighted by Crippen LogP contribution is 2.46. The molecule has 0 saturated carbocycles. The molecule has 0 radical (unpaired) electrons. The summed E-state index contributed by atoms with van der Waals surface area (Å²) >= 11 is 0. The van der Waals surface area contributed by atoms with E-state index in [0.717, 1.165) is 6.20 Å². The number of rotatable bonds is 6. The first-order valence-electron chi connectivity index (χ1n) is 17.6. The zero-order valence-electron chi connectivity index (χ0n) is 30.7. The topological polar surface area (TPSA) is 102 Å². The summed E-state index contributed by atoms with van der Waals surface area (Å²) in [6.45, 7) is 19.3. The van der Waals surface area contributed by atoms with Gasteiger partial charge in [0, 0.05) is 30.2 Å². The number of fused-ring (bicyclic) bond motifs is 3. The molecule has 2 fully saturated rings.